The van der Waals surface area contributed by atoms with E-state index in [0.29, 0.717) is 6.61 Å². The second kappa shape index (κ2) is 7.45. The average molecular weight is 395 g/mol. The predicted octanol–water partition coefficient (Wildman–Crippen LogP) is 6.99. The van der Waals surface area contributed by atoms with E-state index in [-0.39, 0.29) is 5.41 Å². The van der Waals surface area contributed by atoms with E-state index in [9.17, 15) is 0 Å². The Hall–Kier alpha value is -2.06. The minimum absolute atomic E-state index is 0.0734. The largest absolute Gasteiger partial charge is 0.487 e. The van der Waals surface area contributed by atoms with Gasteiger partial charge in [0.25, 0.3) is 0 Å². The zero-order valence-electron chi connectivity index (χ0n) is 14.9. The molecule has 0 N–H and O–H groups in total. The maximum atomic E-state index is 6.23. The lowest BCUT2D eigenvalue weighted by Gasteiger charge is -2.23. The zero-order chi connectivity index (χ0) is 17.9. The van der Waals surface area contributed by atoms with E-state index in [1.165, 1.54) is 5.56 Å². The summed E-state index contributed by atoms with van der Waals surface area (Å²) in [6.07, 6.45) is 0. The lowest BCUT2D eigenvalue weighted by Crippen LogP contribution is -2.11. The molecule has 2 heteroatoms. The highest BCUT2D eigenvalue weighted by Crippen LogP contribution is 2.41. The van der Waals surface area contributed by atoms with Crippen molar-refractivity contribution in [2.24, 2.45) is 0 Å². The van der Waals surface area contributed by atoms with Crippen LogP contribution in [-0.4, -0.2) is 0 Å². The van der Waals surface area contributed by atoms with E-state index >= 15 is 0 Å². The van der Waals surface area contributed by atoms with Crippen LogP contribution in [0.15, 0.2) is 77.3 Å². The third-order valence-electron chi connectivity index (χ3n) is 4.22. The van der Waals surface area contributed by atoms with E-state index in [4.69, 9.17) is 4.74 Å². The molecule has 0 aromatic heterocycles. The molecule has 0 aliphatic rings. The number of ether oxygens (including phenoxy) is 1. The zero-order valence-corrected chi connectivity index (χ0v) is 16.5. The molecular formula is C23H23BrO. The van der Waals surface area contributed by atoms with Crippen molar-refractivity contribution in [1.82, 2.24) is 0 Å². The number of benzene rings is 3. The third-order valence-corrected chi connectivity index (χ3v) is 4.81. The van der Waals surface area contributed by atoms with Gasteiger partial charge in [-0.05, 0) is 50.2 Å². The molecule has 0 unspecified atom stereocenters. The van der Waals surface area contributed by atoms with Crippen molar-refractivity contribution in [1.29, 1.82) is 0 Å². The fourth-order valence-corrected chi connectivity index (χ4v) is 3.31. The lowest BCUT2D eigenvalue weighted by atomic mass is 9.85. The molecule has 0 amide bonds. The van der Waals surface area contributed by atoms with Crippen molar-refractivity contribution in [3.05, 3.63) is 88.4 Å². The molecule has 128 valence electrons. The van der Waals surface area contributed by atoms with Crippen molar-refractivity contribution in [3.63, 3.8) is 0 Å². The molecule has 0 atom stereocenters. The average Bonchev–Trinajstić information content (AvgIpc) is 2.61. The van der Waals surface area contributed by atoms with Gasteiger partial charge in [0.05, 0.1) is 4.47 Å². The van der Waals surface area contributed by atoms with Crippen molar-refractivity contribution in [2.75, 3.05) is 0 Å². The van der Waals surface area contributed by atoms with E-state index in [1.807, 2.05) is 24.3 Å². The molecule has 0 aliphatic carbocycles. The van der Waals surface area contributed by atoms with Crippen molar-refractivity contribution in [3.8, 4) is 16.9 Å². The summed E-state index contributed by atoms with van der Waals surface area (Å²) >= 11 is 3.74. The molecule has 3 aromatic rings. The van der Waals surface area contributed by atoms with Crippen LogP contribution in [0.3, 0.4) is 0 Å². The quantitative estimate of drug-likeness (QED) is 0.462. The molecule has 1 nitrogen and oxygen atoms in total. The Morgan fingerprint density at radius 2 is 1.44 bits per heavy atom. The second-order valence-corrected chi connectivity index (χ2v) is 8.08. The molecule has 3 rings (SSSR count). The predicted molar refractivity (Wildman–Crippen MR) is 109 cm³/mol. The fourth-order valence-electron chi connectivity index (χ4n) is 2.74. The number of hydrogen-bond acceptors (Lipinski definition) is 1. The summed E-state index contributed by atoms with van der Waals surface area (Å²) in [5.74, 6) is 0.892. The summed E-state index contributed by atoms with van der Waals surface area (Å²) < 4.78 is 7.22. The van der Waals surface area contributed by atoms with E-state index < -0.39 is 0 Å². The molecule has 0 fully saturated rings. The first-order valence-electron chi connectivity index (χ1n) is 8.51. The Balaban J connectivity index is 2.04. The Morgan fingerprint density at radius 1 is 0.840 bits per heavy atom. The lowest BCUT2D eigenvalue weighted by molar-refractivity contribution is 0.305. The van der Waals surface area contributed by atoms with Crippen LogP contribution in [0.2, 0.25) is 0 Å². The number of rotatable bonds is 4. The molecule has 0 saturated heterocycles. The maximum absolute atomic E-state index is 6.23. The van der Waals surface area contributed by atoms with Crippen LogP contribution in [0.4, 0.5) is 0 Å². The van der Waals surface area contributed by atoms with Gasteiger partial charge >= 0.3 is 0 Å². The second-order valence-electron chi connectivity index (χ2n) is 7.23. The maximum Gasteiger partial charge on any atom is 0.141 e. The van der Waals surface area contributed by atoms with Gasteiger partial charge in [-0.25, -0.2) is 0 Å². The molecule has 3 aromatic carbocycles. The smallest absolute Gasteiger partial charge is 0.141 e. The van der Waals surface area contributed by atoms with Crippen molar-refractivity contribution < 1.29 is 4.74 Å². The van der Waals surface area contributed by atoms with Gasteiger partial charge in [-0.1, -0.05) is 81.4 Å². The van der Waals surface area contributed by atoms with E-state index in [1.54, 1.807) is 0 Å². The monoisotopic (exact) mass is 394 g/mol. The number of halogens is 1. The van der Waals surface area contributed by atoms with Gasteiger partial charge in [-0.3, -0.25) is 0 Å². The first-order valence-corrected chi connectivity index (χ1v) is 9.30. The molecular weight excluding hydrogens is 372 g/mol. The molecule has 0 heterocycles. The fraction of sp³-hybridized carbons (Fsp3) is 0.217. The molecule has 0 saturated carbocycles. The Kier molecular flexibility index (Phi) is 5.29. The van der Waals surface area contributed by atoms with Crippen LogP contribution >= 0.6 is 15.9 Å². The number of hydrogen-bond donors (Lipinski definition) is 0. The third kappa shape index (κ3) is 4.32. The van der Waals surface area contributed by atoms with Crippen molar-refractivity contribution in [2.45, 2.75) is 32.8 Å². The van der Waals surface area contributed by atoms with Gasteiger partial charge in [0.1, 0.15) is 12.4 Å². The van der Waals surface area contributed by atoms with E-state index in [0.717, 1.165) is 26.9 Å². The summed E-state index contributed by atoms with van der Waals surface area (Å²) in [5.41, 5.74) is 4.80. The van der Waals surface area contributed by atoms with Gasteiger partial charge in [-0.2, -0.15) is 0 Å². The Labute approximate surface area is 158 Å². The van der Waals surface area contributed by atoms with Gasteiger partial charge in [-0.15, -0.1) is 0 Å². The van der Waals surface area contributed by atoms with Crippen LogP contribution in [0.5, 0.6) is 5.75 Å². The van der Waals surface area contributed by atoms with Gasteiger partial charge in [0.2, 0.25) is 0 Å². The molecule has 0 spiro atoms. The van der Waals surface area contributed by atoms with Crippen molar-refractivity contribution >= 4 is 15.9 Å². The van der Waals surface area contributed by atoms with Gasteiger partial charge in [0, 0.05) is 5.56 Å². The van der Waals surface area contributed by atoms with Crippen LogP contribution in [0.25, 0.3) is 11.1 Å². The first-order chi connectivity index (χ1) is 11.9. The minimum atomic E-state index is 0.0734. The summed E-state index contributed by atoms with van der Waals surface area (Å²) in [4.78, 5) is 0. The van der Waals surface area contributed by atoms with Crippen LogP contribution in [0.1, 0.15) is 31.9 Å². The van der Waals surface area contributed by atoms with Crippen LogP contribution < -0.4 is 4.74 Å². The summed E-state index contributed by atoms with van der Waals surface area (Å²) in [6, 6.07) is 25.1. The normalized spacial score (nSPS) is 11.4. The molecule has 25 heavy (non-hydrogen) atoms. The highest BCUT2D eigenvalue weighted by atomic mass is 79.9. The highest BCUT2D eigenvalue weighted by Gasteiger charge is 2.19. The van der Waals surface area contributed by atoms with Crippen LogP contribution in [-0.2, 0) is 12.0 Å². The first kappa shape index (κ1) is 17.8. The molecule has 0 aliphatic heterocycles. The van der Waals surface area contributed by atoms with Crippen LogP contribution in [0, 0.1) is 0 Å². The Bertz CT molecular complexity index is 833. The molecule has 0 radical (unpaired) electrons. The SMILES string of the molecule is CC(C)(C)c1cc(Br)c(OCc2ccccc2)c(-c2ccccc2)c1. The topological polar surface area (TPSA) is 9.23 Å². The minimum Gasteiger partial charge on any atom is -0.487 e. The van der Waals surface area contributed by atoms with E-state index in [2.05, 4.69) is 85.2 Å². The van der Waals surface area contributed by atoms with Gasteiger partial charge < -0.3 is 4.74 Å². The summed E-state index contributed by atoms with van der Waals surface area (Å²) in [6.45, 7) is 7.24. The van der Waals surface area contributed by atoms with Gasteiger partial charge in [0.15, 0.2) is 0 Å². The standard InChI is InChI=1S/C23H23BrO/c1-23(2,3)19-14-20(18-12-8-5-9-13-18)22(21(24)15-19)25-16-17-10-6-4-7-11-17/h4-15H,16H2,1-3H3. The highest BCUT2D eigenvalue weighted by molar-refractivity contribution is 9.10. The molecule has 0 bridgehead atoms. The Morgan fingerprint density at radius 3 is 2.04 bits per heavy atom. The summed E-state index contributed by atoms with van der Waals surface area (Å²) in [5, 5.41) is 0. The summed E-state index contributed by atoms with van der Waals surface area (Å²) in [7, 11) is 0.